The Bertz CT molecular complexity index is 10600. The van der Waals surface area contributed by atoms with Crippen molar-refractivity contribution in [3.8, 4) is 84.1 Å². The van der Waals surface area contributed by atoms with Gasteiger partial charge in [-0.15, -0.1) is 0 Å². The van der Waals surface area contributed by atoms with Gasteiger partial charge in [-0.3, -0.25) is 0 Å². The summed E-state index contributed by atoms with van der Waals surface area (Å²) in [6.45, 7) is 10.6. The first kappa shape index (κ1) is 79.9. The molecule has 21 aromatic carbocycles. The number of para-hydroxylation sites is 11. The van der Waals surface area contributed by atoms with Gasteiger partial charge in [0.25, 0.3) is 0 Å². The number of nitrogens with zero attached hydrogens (tertiary/aromatic N) is 5. The van der Waals surface area contributed by atoms with Crippen LogP contribution in [0.1, 0.15) is 22.3 Å². The Morgan fingerprint density at radius 3 is 1.05 bits per heavy atom. The maximum atomic E-state index is 4.28. The first-order valence-corrected chi connectivity index (χ1v) is 55.1. The molecule has 0 spiro atoms. The van der Waals surface area contributed by atoms with Crippen molar-refractivity contribution >= 4 is 268 Å². The summed E-state index contributed by atoms with van der Waals surface area (Å²) < 4.78 is 12.5. The molecule has 5 aromatic heterocycles. The van der Waals surface area contributed by atoms with Gasteiger partial charge in [-0.05, 0) is 181 Å². The topological polar surface area (TPSA) is 36.7 Å². The van der Waals surface area contributed by atoms with E-state index >= 15 is 0 Å². The average molecular weight is 1860 g/mol. The Kier molecular flexibility index (Phi) is 15.4. The van der Waals surface area contributed by atoms with Gasteiger partial charge in [0, 0.05) is 87.9 Å². The number of rotatable bonds is 3. The molecule has 146 heavy (non-hydrogen) atoms. The summed E-state index contributed by atoms with van der Waals surface area (Å²) in [6.07, 6.45) is 1.13. The van der Waals surface area contributed by atoms with E-state index < -0.39 is 6.39 Å². The molecule has 16 heteroatoms. The molecule has 4 saturated heterocycles. The number of benzene rings is 21. The van der Waals surface area contributed by atoms with Crippen LogP contribution in [0.2, 0.25) is 0 Å². The predicted octanol–water partition coefficient (Wildman–Crippen LogP) is 18.7. The third kappa shape index (κ3) is 9.65. The molecule has 6 nitrogen and oxygen atoms in total. The predicted molar refractivity (Wildman–Crippen MR) is 636 cm³/mol. The molecule has 0 unspecified atom stereocenters. The van der Waals surface area contributed by atoms with Crippen LogP contribution in [0.5, 0.6) is 0 Å². The van der Waals surface area contributed by atoms with Crippen LogP contribution in [0.15, 0.2) is 425 Å². The van der Waals surface area contributed by atoms with E-state index in [1.54, 1.807) is 10.8 Å². The fourth-order valence-electron chi connectivity index (χ4n) is 32.4. The van der Waals surface area contributed by atoms with Gasteiger partial charge in [0.2, 0.25) is 26.9 Å². The van der Waals surface area contributed by atoms with E-state index in [0.717, 1.165) is 18.6 Å². The molecule has 4 fully saturated rings. The van der Waals surface area contributed by atoms with Crippen molar-refractivity contribution in [3.63, 3.8) is 0 Å². The van der Waals surface area contributed by atoms with Crippen molar-refractivity contribution < 1.29 is 0 Å². The fraction of sp³-hybridized carbons (Fsp3) is 0.0308. The van der Waals surface area contributed by atoms with E-state index in [-0.39, 0.29) is 7.06 Å². The average Bonchev–Trinajstić information content (AvgIpc) is 1.35. The Morgan fingerprint density at radius 1 is 0.212 bits per heavy atom. The van der Waals surface area contributed by atoms with Gasteiger partial charge in [0.1, 0.15) is 0 Å². The molecule has 2 bridgehead atoms. The maximum absolute atomic E-state index is 4.28. The van der Waals surface area contributed by atoms with Crippen LogP contribution in [0.25, 0.3) is 193 Å². The molecule has 0 amide bonds. The minimum absolute atomic E-state index is 0.251. The summed E-state index contributed by atoms with van der Waals surface area (Å²) in [5.41, 5.74) is 63.1. The van der Waals surface area contributed by atoms with E-state index in [0.29, 0.717) is 33.6 Å². The molecule has 0 aliphatic carbocycles. The third-order valence-electron chi connectivity index (χ3n) is 37.9. The summed E-state index contributed by atoms with van der Waals surface area (Å²) in [5.74, 6) is 0. The van der Waals surface area contributed by atoms with Crippen LogP contribution in [0.4, 0.5) is 5.69 Å². The van der Waals surface area contributed by atoms with Gasteiger partial charge in [-0.1, -0.05) is 294 Å². The second kappa shape index (κ2) is 28.1. The van der Waals surface area contributed by atoms with Crippen LogP contribution in [0.3, 0.4) is 0 Å². The van der Waals surface area contributed by atoms with E-state index in [1.165, 1.54) is 298 Å². The molecule has 14 aliphatic heterocycles. The molecule has 668 valence electrons. The molecule has 0 radical (unpaired) electrons. The van der Waals surface area contributed by atoms with Crippen LogP contribution in [0, 0.1) is 27.7 Å². The normalized spacial score (nSPS) is 15.0. The van der Waals surface area contributed by atoms with Gasteiger partial charge in [-0.25, -0.2) is 0 Å². The monoisotopic (exact) mass is 1860 g/mol. The third-order valence-corrected chi connectivity index (χ3v) is 46.3. The first-order chi connectivity index (χ1) is 72.1. The second-order valence-electron chi connectivity index (χ2n) is 44.0. The first-order valence-electron chi connectivity index (χ1n) is 52.7. The van der Waals surface area contributed by atoms with E-state index in [4.69, 9.17) is 0 Å². The van der Waals surface area contributed by atoms with Crippen molar-refractivity contribution in [2.75, 3.05) is 5.09 Å². The van der Waals surface area contributed by atoms with Crippen LogP contribution >= 0.6 is 6.39 Å². The Morgan fingerprint density at radius 2 is 0.555 bits per heavy atom. The number of anilines is 1. The van der Waals surface area contributed by atoms with Crippen molar-refractivity contribution in [1.82, 2.24) is 22.8 Å². The van der Waals surface area contributed by atoms with E-state index in [1.807, 2.05) is 0 Å². The minimum atomic E-state index is -1.95. The number of nitrogens with one attached hydrogen (secondary N) is 1. The fourth-order valence-corrected chi connectivity index (χ4v) is 42.5. The van der Waals surface area contributed by atoms with Gasteiger partial charge in [0.15, 0.2) is 0 Å². The summed E-state index contributed by atoms with van der Waals surface area (Å²) in [4.78, 5) is 0. The Hall–Kier alpha value is -16.6. The standard InChI is InChI=1S/C30H21B5N2P.4C25H16BN/c1-2-8-19(9-3-1)36-38(33-31-34(38)35(33)38)20-16-17-21-23-11-7-15-28-29(23)32(26(21)18-20)25-13-6-12-24-22-10-4-5-14-27(22)37(28)30(24)25;1-15-13-14-22-24-23(15)18-8-2-4-10-19(18)26(24)20-11-6-9-17-16-7-3-5-12-21(16)27(22)25(17)20;1-15-13-19-16-7-2-4-10-20(16)26-21-11-6-9-18-17-8-3-5-12-22(17)27(25(18)21)23(14-15)24(19)26;1-15-7-4-11-19-23(15)18-10-6-14-22-24(18)26(19)20-12-5-9-17-16-8-2-3-13-21(16)27(22)25(17)20;1-15-12-13-20-19(14-15)17-7-5-11-23-24(17)26(20)21-9-4-8-18-16-6-2-3-10-22(16)27(23)25(18)21/h1-18,36H,31H2;4*2-14H,1H3/q-1;;;;. The SMILES string of the molecule is Cc1cc2c3c(c1)-n1c4ccccc4c4cccc(c41)B3c1ccccc1-2.Cc1ccc2c(c1)-c1cccc3c1B2c1cccc2c4ccccc4n-3c12.Cc1ccc2c3c1-c1ccccc1B3c1cccc3c4ccccc4n-2c13.Cc1cccc2c1-c1cccc3c1B2c1cccc2c4ccccc4n-3c12.[BH2-]1B2B3B1P23(Nc1ccccc1)c1ccc2c(c1)B1c3c-2cccc3-n2c3ccccc3c3cccc1c32. The zero-order valence-electron chi connectivity index (χ0n) is 81.2. The summed E-state index contributed by atoms with van der Waals surface area (Å²) in [5, 5.41) is 19.5. The second-order valence-corrected chi connectivity index (χ2v) is 49.6. The van der Waals surface area contributed by atoms with Crippen LogP contribution < -0.4 is 92.3 Å². The number of aryl methyl sites for hydroxylation is 4. The quantitative estimate of drug-likeness (QED) is 0.139. The molecule has 14 aliphatic rings. The number of fused-ring (bicyclic) bond motifs is 40. The number of hydrogen-bond acceptors (Lipinski definition) is 1. The Balaban J connectivity index is 0.0000000777. The molecule has 26 aromatic rings. The zero-order valence-corrected chi connectivity index (χ0v) is 82.1. The van der Waals surface area contributed by atoms with Crippen molar-refractivity contribution in [3.05, 3.63) is 447 Å². The Labute approximate surface area is 847 Å². The molecule has 0 saturated carbocycles. The van der Waals surface area contributed by atoms with Crippen molar-refractivity contribution in [1.29, 1.82) is 0 Å². The molecule has 1 N–H and O–H groups in total. The summed E-state index contributed by atoms with van der Waals surface area (Å²) >= 11 is 0. The molecule has 40 rings (SSSR count). The van der Waals surface area contributed by atoms with Crippen LogP contribution in [-0.2, 0) is 0 Å². The molecule has 0 atom stereocenters. The van der Waals surface area contributed by atoms with Crippen molar-refractivity contribution in [2.24, 2.45) is 0 Å². The van der Waals surface area contributed by atoms with Gasteiger partial charge in [-0.2, -0.15) is 0 Å². The summed E-state index contributed by atoms with van der Waals surface area (Å²) in [6, 6.07) is 159. The number of hydrogen-bond donors (Lipinski definition) is 1. The zero-order chi connectivity index (χ0) is 95.2. The van der Waals surface area contributed by atoms with Gasteiger partial charge in [0.05, 0.1) is 22.1 Å². The molecular weight excluding hydrogens is 1770 g/mol. The van der Waals surface area contributed by atoms with Gasteiger partial charge >= 0.3 is 224 Å². The van der Waals surface area contributed by atoms with E-state index in [2.05, 4.69) is 480 Å². The van der Waals surface area contributed by atoms with E-state index in [9.17, 15) is 0 Å². The van der Waals surface area contributed by atoms with Crippen LogP contribution in [-0.4, -0.2) is 82.1 Å². The molecule has 19 heterocycles. The number of aromatic nitrogens is 5. The van der Waals surface area contributed by atoms with Crippen molar-refractivity contribution in [2.45, 2.75) is 27.7 Å². The molecular formula is C130H85B9N6P-. The van der Waals surface area contributed by atoms with Gasteiger partial charge < -0.3 is 18.3 Å². The summed E-state index contributed by atoms with van der Waals surface area (Å²) in [7, 11) is 0.251.